The maximum atomic E-state index is 13.1. The van der Waals surface area contributed by atoms with Crippen molar-refractivity contribution >= 4 is 33.4 Å². The summed E-state index contributed by atoms with van der Waals surface area (Å²) < 4.78 is 6.20. The first-order valence-corrected chi connectivity index (χ1v) is 11.5. The number of ketones is 1. The van der Waals surface area contributed by atoms with Gasteiger partial charge in [-0.25, -0.2) is 0 Å². The van der Waals surface area contributed by atoms with Gasteiger partial charge in [0, 0.05) is 23.1 Å². The van der Waals surface area contributed by atoms with Gasteiger partial charge in [-0.15, -0.1) is 0 Å². The van der Waals surface area contributed by atoms with E-state index in [1.807, 2.05) is 31.2 Å². The Hall–Kier alpha value is -2.64. The number of amides is 1. The quantitative estimate of drug-likeness (QED) is 0.327. The third-order valence-electron chi connectivity index (χ3n) is 5.95. The van der Waals surface area contributed by atoms with E-state index in [0.29, 0.717) is 24.4 Å². The highest BCUT2D eigenvalue weighted by molar-refractivity contribution is 9.10. The third kappa shape index (κ3) is 4.74. The van der Waals surface area contributed by atoms with Crippen molar-refractivity contribution in [3.8, 4) is 5.75 Å². The fraction of sp³-hybridized carbons (Fsp3) is 0.360. The van der Waals surface area contributed by atoms with Crippen LogP contribution in [0.5, 0.6) is 5.75 Å². The number of likely N-dealkylation sites (tertiary alicyclic amines) is 1. The predicted octanol–water partition coefficient (Wildman–Crippen LogP) is 4.53. The monoisotopic (exact) mass is 500 g/mol. The van der Waals surface area contributed by atoms with Gasteiger partial charge in [-0.2, -0.15) is 0 Å². The highest BCUT2D eigenvalue weighted by atomic mass is 79.9. The number of carbonyl (C=O) groups is 2. The van der Waals surface area contributed by atoms with E-state index in [-0.39, 0.29) is 11.3 Å². The molecule has 170 valence electrons. The van der Waals surface area contributed by atoms with Crippen molar-refractivity contribution in [1.29, 1.82) is 0 Å². The molecule has 1 aliphatic rings. The van der Waals surface area contributed by atoms with E-state index < -0.39 is 17.7 Å². The topological polar surface area (TPSA) is 70.1 Å². The SMILES string of the molecule is CCN(CC)CCN1C(=O)C(=O)C(=C(O)c2ccc(OC)c(C)c2)[C@@H]1c1ccc(Br)cc1. The Labute approximate surface area is 197 Å². The lowest BCUT2D eigenvalue weighted by Crippen LogP contribution is -2.38. The number of nitrogens with zero attached hydrogens (tertiary/aromatic N) is 2. The lowest BCUT2D eigenvalue weighted by atomic mass is 9.95. The number of hydrogen-bond donors (Lipinski definition) is 1. The molecule has 2 aromatic carbocycles. The number of carbonyl (C=O) groups excluding carboxylic acids is 2. The molecule has 0 spiro atoms. The van der Waals surface area contributed by atoms with Gasteiger partial charge in [-0.05, 0) is 61.5 Å². The highest BCUT2D eigenvalue weighted by Gasteiger charge is 2.45. The maximum Gasteiger partial charge on any atom is 0.295 e. The first-order chi connectivity index (χ1) is 15.3. The molecular weight excluding hydrogens is 472 g/mol. The molecule has 7 heteroatoms. The number of hydrogen-bond acceptors (Lipinski definition) is 5. The Morgan fingerprint density at radius 3 is 2.34 bits per heavy atom. The molecule has 1 saturated heterocycles. The molecule has 1 fully saturated rings. The second-order valence-electron chi connectivity index (χ2n) is 7.76. The molecule has 0 saturated carbocycles. The minimum Gasteiger partial charge on any atom is -0.507 e. The van der Waals surface area contributed by atoms with Crippen molar-refractivity contribution in [3.63, 3.8) is 0 Å². The normalized spacial score (nSPS) is 17.9. The number of aliphatic hydroxyl groups is 1. The van der Waals surface area contributed by atoms with E-state index >= 15 is 0 Å². The van der Waals surface area contributed by atoms with Crippen molar-refractivity contribution in [2.45, 2.75) is 26.8 Å². The molecule has 3 rings (SSSR count). The molecule has 0 unspecified atom stereocenters. The van der Waals surface area contributed by atoms with Gasteiger partial charge in [0.2, 0.25) is 0 Å². The Bertz CT molecular complexity index is 1030. The lowest BCUT2D eigenvalue weighted by molar-refractivity contribution is -0.140. The van der Waals surface area contributed by atoms with E-state index in [9.17, 15) is 14.7 Å². The second-order valence-corrected chi connectivity index (χ2v) is 8.67. The van der Waals surface area contributed by atoms with Gasteiger partial charge in [-0.3, -0.25) is 9.59 Å². The summed E-state index contributed by atoms with van der Waals surface area (Å²) >= 11 is 3.44. The van der Waals surface area contributed by atoms with Gasteiger partial charge in [0.25, 0.3) is 11.7 Å². The van der Waals surface area contributed by atoms with E-state index in [0.717, 1.165) is 28.7 Å². The van der Waals surface area contributed by atoms with Crippen LogP contribution < -0.4 is 4.74 Å². The van der Waals surface area contributed by atoms with Crippen LogP contribution in [0.25, 0.3) is 5.76 Å². The number of methoxy groups -OCH3 is 1. The summed E-state index contributed by atoms with van der Waals surface area (Å²) in [6.45, 7) is 8.75. The number of likely N-dealkylation sites (N-methyl/N-ethyl adjacent to an activating group) is 1. The fourth-order valence-electron chi connectivity index (χ4n) is 4.07. The summed E-state index contributed by atoms with van der Waals surface area (Å²) in [5, 5.41) is 11.2. The summed E-state index contributed by atoms with van der Waals surface area (Å²) in [6.07, 6.45) is 0. The van der Waals surface area contributed by atoms with Gasteiger partial charge in [0.05, 0.1) is 18.7 Å². The molecule has 6 nitrogen and oxygen atoms in total. The van der Waals surface area contributed by atoms with E-state index in [4.69, 9.17) is 4.74 Å². The van der Waals surface area contributed by atoms with Gasteiger partial charge in [0.15, 0.2) is 0 Å². The maximum absolute atomic E-state index is 13.1. The predicted molar refractivity (Wildman–Crippen MR) is 129 cm³/mol. The van der Waals surface area contributed by atoms with Crippen LogP contribution in [0.1, 0.15) is 36.6 Å². The number of rotatable bonds is 8. The zero-order chi connectivity index (χ0) is 23.4. The lowest BCUT2D eigenvalue weighted by Gasteiger charge is -2.28. The van der Waals surface area contributed by atoms with Crippen molar-refractivity contribution in [2.24, 2.45) is 0 Å². The van der Waals surface area contributed by atoms with Gasteiger partial charge >= 0.3 is 0 Å². The highest BCUT2D eigenvalue weighted by Crippen LogP contribution is 2.40. The summed E-state index contributed by atoms with van der Waals surface area (Å²) in [5.41, 5.74) is 2.19. The first-order valence-electron chi connectivity index (χ1n) is 10.7. The Kier molecular flexibility index (Phi) is 7.74. The molecule has 0 aromatic heterocycles. The number of aryl methyl sites for hydroxylation is 1. The second kappa shape index (κ2) is 10.3. The molecule has 1 atom stereocenters. The molecule has 32 heavy (non-hydrogen) atoms. The van der Waals surface area contributed by atoms with E-state index in [2.05, 4.69) is 34.7 Å². The molecule has 1 heterocycles. The number of aliphatic hydroxyl groups excluding tert-OH is 1. The van der Waals surface area contributed by atoms with Crippen molar-refractivity contribution < 1.29 is 19.4 Å². The van der Waals surface area contributed by atoms with E-state index in [1.165, 1.54) is 0 Å². The molecule has 1 aliphatic heterocycles. The van der Waals surface area contributed by atoms with Gasteiger partial charge in [-0.1, -0.05) is 41.9 Å². The van der Waals surface area contributed by atoms with Crippen LogP contribution in [0.4, 0.5) is 0 Å². The minimum absolute atomic E-state index is 0.112. The molecule has 0 bridgehead atoms. The number of ether oxygens (including phenoxy) is 1. The van der Waals surface area contributed by atoms with Crippen LogP contribution in [-0.4, -0.2) is 59.9 Å². The van der Waals surface area contributed by atoms with Crippen LogP contribution in [-0.2, 0) is 9.59 Å². The third-order valence-corrected chi connectivity index (χ3v) is 6.47. The molecule has 0 radical (unpaired) electrons. The van der Waals surface area contributed by atoms with Crippen LogP contribution in [0, 0.1) is 6.92 Å². The first kappa shape index (κ1) is 24.0. The molecular formula is C25H29BrN2O4. The van der Waals surface area contributed by atoms with Gasteiger partial charge < -0.3 is 19.6 Å². The van der Waals surface area contributed by atoms with Crippen molar-refractivity contribution in [1.82, 2.24) is 9.80 Å². The summed E-state index contributed by atoms with van der Waals surface area (Å²) in [4.78, 5) is 29.9. The fourth-order valence-corrected chi connectivity index (χ4v) is 4.34. The number of halogens is 1. The zero-order valence-corrected chi connectivity index (χ0v) is 20.5. The number of benzene rings is 2. The summed E-state index contributed by atoms with van der Waals surface area (Å²) in [7, 11) is 1.58. The average Bonchev–Trinajstić information content (AvgIpc) is 3.04. The zero-order valence-electron chi connectivity index (χ0n) is 18.9. The molecule has 1 N–H and O–H groups in total. The molecule has 2 aromatic rings. The summed E-state index contributed by atoms with van der Waals surface area (Å²) in [6, 6.07) is 12.0. The Morgan fingerprint density at radius 2 is 1.78 bits per heavy atom. The average molecular weight is 501 g/mol. The van der Waals surface area contributed by atoms with Crippen LogP contribution in [0.3, 0.4) is 0 Å². The molecule has 1 amide bonds. The Balaban J connectivity index is 2.10. The van der Waals surface area contributed by atoms with Crippen LogP contribution in [0.15, 0.2) is 52.5 Å². The number of Topliss-reactive ketones (excluding diaryl/α,β-unsaturated/α-hetero) is 1. The smallest absolute Gasteiger partial charge is 0.295 e. The summed E-state index contributed by atoms with van der Waals surface area (Å²) in [5.74, 6) is -0.738. The van der Waals surface area contributed by atoms with Crippen LogP contribution >= 0.6 is 15.9 Å². The Morgan fingerprint density at radius 1 is 1.12 bits per heavy atom. The minimum atomic E-state index is -0.663. The molecule has 0 aliphatic carbocycles. The van der Waals surface area contributed by atoms with Crippen LogP contribution in [0.2, 0.25) is 0 Å². The van der Waals surface area contributed by atoms with Crippen molar-refractivity contribution in [2.75, 3.05) is 33.3 Å². The van der Waals surface area contributed by atoms with Gasteiger partial charge in [0.1, 0.15) is 11.5 Å². The standard InChI is InChI=1S/C25H29BrN2O4/c1-5-27(6-2)13-14-28-22(17-7-10-19(26)11-8-17)21(24(30)25(28)31)23(29)18-9-12-20(32-4)16(3)15-18/h7-12,15,22,29H,5-6,13-14H2,1-4H3/t22-/m0/s1. The van der Waals surface area contributed by atoms with E-state index in [1.54, 1.807) is 30.2 Å². The van der Waals surface area contributed by atoms with Crippen molar-refractivity contribution in [3.05, 3.63) is 69.2 Å². The largest absolute Gasteiger partial charge is 0.507 e.